The minimum absolute atomic E-state index is 0.0576. The summed E-state index contributed by atoms with van der Waals surface area (Å²) in [6.07, 6.45) is 1.23. The summed E-state index contributed by atoms with van der Waals surface area (Å²) in [6.45, 7) is 8.93. The topological polar surface area (TPSA) is 151 Å². The van der Waals surface area contributed by atoms with E-state index in [1.54, 1.807) is 0 Å². The molecule has 0 heterocycles. The first-order valence-corrected chi connectivity index (χ1v) is 11.4. The zero-order valence-electron chi connectivity index (χ0n) is 20.1. The lowest BCUT2D eigenvalue weighted by Crippen LogP contribution is -2.58. The normalized spacial score (nSPS) is 15.6. The van der Waals surface area contributed by atoms with Gasteiger partial charge >= 0.3 is 5.97 Å². The van der Waals surface area contributed by atoms with E-state index in [-0.39, 0.29) is 18.3 Å². The summed E-state index contributed by atoms with van der Waals surface area (Å²) in [5.41, 5.74) is 6.88. The van der Waals surface area contributed by atoms with Gasteiger partial charge in [-0.05, 0) is 30.7 Å². The Hall–Kier alpha value is -2.94. The minimum Gasteiger partial charge on any atom is -0.480 e. The highest BCUT2D eigenvalue weighted by Crippen LogP contribution is 2.10. The van der Waals surface area contributed by atoms with Gasteiger partial charge in [0.25, 0.3) is 0 Å². The SMILES string of the molecule is CCC(C)C(N)C(=O)NC(Cc1ccccc1)C(=O)NC(CC(C)C)C(=O)NC(C)C(=O)O. The number of carbonyl (C=O) groups is 4. The number of carbonyl (C=O) groups excluding carboxylic acids is 3. The van der Waals surface area contributed by atoms with Crippen LogP contribution in [-0.4, -0.2) is 53.0 Å². The molecule has 1 aromatic rings. The average Bonchev–Trinajstić information content (AvgIpc) is 2.77. The monoisotopic (exact) mass is 462 g/mol. The van der Waals surface area contributed by atoms with Gasteiger partial charge in [-0.2, -0.15) is 0 Å². The number of carboxylic acids is 1. The average molecular weight is 463 g/mol. The molecule has 184 valence electrons. The highest BCUT2D eigenvalue weighted by molar-refractivity contribution is 5.94. The van der Waals surface area contributed by atoms with E-state index in [1.165, 1.54) is 6.92 Å². The zero-order valence-corrected chi connectivity index (χ0v) is 20.1. The van der Waals surface area contributed by atoms with E-state index in [4.69, 9.17) is 10.8 Å². The van der Waals surface area contributed by atoms with Gasteiger partial charge in [-0.1, -0.05) is 64.4 Å². The number of hydrogen-bond donors (Lipinski definition) is 5. The molecule has 5 unspecified atom stereocenters. The first-order chi connectivity index (χ1) is 15.5. The summed E-state index contributed by atoms with van der Waals surface area (Å²) in [7, 11) is 0. The maximum Gasteiger partial charge on any atom is 0.325 e. The summed E-state index contributed by atoms with van der Waals surface area (Å²) < 4.78 is 0. The Labute approximate surface area is 195 Å². The van der Waals surface area contributed by atoms with Crippen molar-refractivity contribution < 1.29 is 24.3 Å². The fourth-order valence-corrected chi connectivity index (χ4v) is 3.19. The largest absolute Gasteiger partial charge is 0.480 e. The molecule has 33 heavy (non-hydrogen) atoms. The first-order valence-electron chi connectivity index (χ1n) is 11.4. The fraction of sp³-hybridized carbons (Fsp3) is 0.583. The van der Waals surface area contributed by atoms with Crippen LogP contribution in [0.4, 0.5) is 0 Å². The van der Waals surface area contributed by atoms with Crippen LogP contribution in [0.2, 0.25) is 0 Å². The smallest absolute Gasteiger partial charge is 0.325 e. The van der Waals surface area contributed by atoms with Crippen molar-refractivity contribution in [1.82, 2.24) is 16.0 Å². The molecule has 0 aromatic heterocycles. The van der Waals surface area contributed by atoms with Crippen molar-refractivity contribution in [2.45, 2.75) is 78.0 Å². The Balaban J connectivity index is 3.07. The molecule has 0 aliphatic rings. The molecular weight excluding hydrogens is 424 g/mol. The Bertz CT molecular complexity index is 799. The second kappa shape index (κ2) is 13.6. The van der Waals surface area contributed by atoms with Crippen LogP contribution < -0.4 is 21.7 Å². The Morgan fingerprint density at radius 2 is 1.42 bits per heavy atom. The van der Waals surface area contributed by atoms with Crippen LogP contribution in [0.1, 0.15) is 53.0 Å². The lowest BCUT2D eigenvalue weighted by atomic mass is 9.97. The van der Waals surface area contributed by atoms with Gasteiger partial charge in [0.05, 0.1) is 6.04 Å². The molecule has 0 fully saturated rings. The van der Waals surface area contributed by atoms with Crippen molar-refractivity contribution in [2.75, 3.05) is 0 Å². The van der Waals surface area contributed by atoms with Crippen LogP contribution in [0.25, 0.3) is 0 Å². The maximum absolute atomic E-state index is 13.2. The molecule has 0 aliphatic heterocycles. The summed E-state index contributed by atoms with van der Waals surface area (Å²) in [5.74, 6) is -2.75. The van der Waals surface area contributed by atoms with E-state index in [0.29, 0.717) is 12.8 Å². The van der Waals surface area contributed by atoms with Gasteiger partial charge in [0.2, 0.25) is 17.7 Å². The molecule has 0 saturated carbocycles. The molecule has 1 rings (SSSR count). The number of rotatable bonds is 13. The van der Waals surface area contributed by atoms with Crippen molar-refractivity contribution in [3.05, 3.63) is 35.9 Å². The van der Waals surface area contributed by atoms with E-state index >= 15 is 0 Å². The van der Waals surface area contributed by atoms with E-state index in [2.05, 4.69) is 16.0 Å². The van der Waals surface area contributed by atoms with Crippen LogP contribution in [0, 0.1) is 11.8 Å². The fourth-order valence-electron chi connectivity index (χ4n) is 3.19. The molecule has 0 radical (unpaired) electrons. The number of hydrogen-bond acceptors (Lipinski definition) is 5. The van der Waals surface area contributed by atoms with Crippen LogP contribution in [0.15, 0.2) is 30.3 Å². The molecule has 0 aliphatic carbocycles. The summed E-state index contributed by atoms with van der Waals surface area (Å²) in [4.78, 5) is 49.7. The van der Waals surface area contributed by atoms with Crippen molar-refractivity contribution in [3.63, 3.8) is 0 Å². The third-order valence-corrected chi connectivity index (χ3v) is 5.54. The molecule has 6 N–H and O–H groups in total. The second-order valence-corrected chi connectivity index (χ2v) is 8.92. The standard InChI is InChI=1S/C24H38N4O5/c1-6-15(4)20(25)23(31)28-19(13-17-10-8-7-9-11-17)22(30)27-18(12-14(2)3)21(29)26-16(5)24(32)33/h7-11,14-16,18-20H,6,12-13,25H2,1-5H3,(H,26,29)(H,27,30)(H,28,31)(H,32,33). The number of carboxylic acid groups (broad SMARTS) is 1. The molecule has 3 amide bonds. The van der Waals surface area contributed by atoms with E-state index in [0.717, 1.165) is 5.56 Å². The number of nitrogens with two attached hydrogens (primary N) is 1. The summed E-state index contributed by atoms with van der Waals surface area (Å²) >= 11 is 0. The minimum atomic E-state index is -1.17. The third kappa shape index (κ3) is 9.61. The van der Waals surface area contributed by atoms with Gasteiger partial charge in [-0.3, -0.25) is 19.2 Å². The number of aliphatic carboxylic acids is 1. The molecule has 5 atom stereocenters. The highest BCUT2D eigenvalue weighted by atomic mass is 16.4. The predicted molar refractivity (Wildman–Crippen MR) is 126 cm³/mol. The molecule has 9 heteroatoms. The van der Waals surface area contributed by atoms with E-state index in [1.807, 2.05) is 58.0 Å². The number of benzene rings is 1. The van der Waals surface area contributed by atoms with Gasteiger partial charge in [0.1, 0.15) is 18.1 Å². The quantitative estimate of drug-likeness (QED) is 0.297. The first kappa shape index (κ1) is 28.1. The van der Waals surface area contributed by atoms with Gasteiger partial charge < -0.3 is 26.8 Å². The second-order valence-electron chi connectivity index (χ2n) is 8.92. The van der Waals surface area contributed by atoms with E-state index < -0.39 is 47.9 Å². The van der Waals surface area contributed by atoms with Crippen molar-refractivity contribution in [1.29, 1.82) is 0 Å². The predicted octanol–water partition coefficient (Wildman–Crippen LogP) is 1.21. The summed E-state index contributed by atoms with van der Waals surface area (Å²) in [6, 6.07) is 5.43. The van der Waals surface area contributed by atoms with Crippen LogP contribution in [0.5, 0.6) is 0 Å². The van der Waals surface area contributed by atoms with Crippen molar-refractivity contribution >= 4 is 23.7 Å². The van der Waals surface area contributed by atoms with Crippen LogP contribution in [-0.2, 0) is 25.6 Å². The van der Waals surface area contributed by atoms with Gasteiger partial charge in [-0.25, -0.2) is 0 Å². The molecule has 0 spiro atoms. The Kier molecular flexibility index (Phi) is 11.6. The third-order valence-electron chi connectivity index (χ3n) is 5.54. The van der Waals surface area contributed by atoms with Gasteiger partial charge in [-0.15, -0.1) is 0 Å². The molecule has 1 aromatic carbocycles. The Morgan fingerprint density at radius 3 is 1.94 bits per heavy atom. The van der Waals surface area contributed by atoms with E-state index in [9.17, 15) is 19.2 Å². The number of nitrogens with one attached hydrogen (secondary N) is 3. The van der Waals surface area contributed by atoms with Crippen molar-refractivity contribution in [2.24, 2.45) is 17.6 Å². The van der Waals surface area contributed by atoms with Crippen LogP contribution in [0.3, 0.4) is 0 Å². The van der Waals surface area contributed by atoms with Gasteiger partial charge in [0.15, 0.2) is 0 Å². The van der Waals surface area contributed by atoms with Crippen molar-refractivity contribution in [3.8, 4) is 0 Å². The molecule has 9 nitrogen and oxygen atoms in total. The maximum atomic E-state index is 13.2. The zero-order chi connectivity index (χ0) is 25.1. The lowest BCUT2D eigenvalue weighted by Gasteiger charge is -2.26. The summed E-state index contributed by atoms with van der Waals surface area (Å²) in [5, 5.41) is 16.9. The molecule has 0 bridgehead atoms. The number of amides is 3. The lowest BCUT2D eigenvalue weighted by molar-refractivity contribution is -0.142. The molecule has 0 saturated heterocycles. The highest BCUT2D eigenvalue weighted by Gasteiger charge is 2.30. The molecular formula is C24H38N4O5. The van der Waals surface area contributed by atoms with Gasteiger partial charge in [0, 0.05) is 6.42 Å². The Morgan fingerprint density at radius 1 is 0.879 bits per heavy atom. The van der Waals surface area contributed by atoms with Crippen LogP contribution >= 0.6 is 0 Å².